The van der Waals surface area contributed by atoms with Crippen LogP contribution in [0.3, 0.4) is 0 Å². The molecule has 1 aromatic carbocycles. The maximum absolute atomic E-state index is 13.1. The number of likely N-dealkylation sites (N-methyl/N-ethyl adjacent to an activating group) is 1. The lowest BCUT2D eigenvalue weighted by Gasteiger charge is -2.37. The van der Waals surface area contributed by atoms with Crippen molar-refractivity contribution in [2.24, 2.45) is 5.73 Å². The van der Waals surface area contributed by atoms with Crippen LogP contribution in [0.1, 0.15) is 24.2 Å². The Balaban J connectivity index is 2.69. The Bertz CT molecular complexity index is 741. The number of nitrogens with two attached hydrogens (primary N) is 1. The average Bonchev–Trinajstić information content (AvgIpc) is 2.59. The second-order valence-corrected chi connectivity index (χ2v) is 6.25. The van der Waals surface area contributed by atoms with Crippen molar-refractivity contribution < 1.29 is 14.3 Å². The van der Waals surface area contributed by atoms with E-state index < -0.39 is 12.1 Å². The number of thiol groups is 1. The number of ether oxygens (including phenoxy) is 1. The van der Waals surface area contributed by atoms with Crippen LogP contribution in [0.5, 0.6) is 0 Å². The Morgan fingerprint density at radius 2 is 1.88 bits per heavy atom. The highest BCUT2D eigenvalue weighted by Gasteiger charge is 2.38. The van der Waals surface area contributed by atoms with E-state index in [-0.39, 0.29) is 18.0 Å². The van der Waals surface area contributed by atoms with Crippen molar-refractivity contribution in [2.75, 3.05) is 20.7 Å². The van der Waals surface area contributed by atoms with Gasteiger partial charge < -0.3 is 19.7 Å². The molecule has 7 heteroatoms. The first kappa shape index (κ1) is 19.1. The van der Waals surface area contributed by atoms with Gasteiger partial charge in [0.1, 0.15) is 6.17 Å². The molecule has 0 aromatic heterocycles. The van der Waals surface area contributed by atoms with Gasteiger partial charge in [-0.25, -0.2) is 4.79 Å². The van der Waals surface area contributed by atoms with Gasteiger partial charge in [0.2, 0.25) is 0 Å². The minimum Gasteiger partial charge on any atom is -0.462 e. The summed E-state index contributed by atoms with van der Waals surface area (Å²) in [6.07, 6.45) is -0.813. The maximum atomic E-state index is 13.1. The van der Waals surface area contributed by atoms with Gasteiger partial charge in [-0.15, -0.1) is 0 Å². The molecule has 1 heterocycles. The molecular weight excluding hydrogens is 338 g/mol. The van der Waals surface area contributed by atoms with Gasteiger partial charge in [0.15, 0.2) is 5.78 Å². The summed E-state index contributed by atoms with van der Waals surface area (Å²) in [7, 11) is 3.53. The highest BCUT2D eigenvalue weighted by atomic mass is 32.1. The highest BCUT2D eigenvalue weighted by Crippen LogP contribution is 2.35. The van der Waals surface area contributed by atoms with E-state index in [9.17, 15) is 9.59 Å². The topological polar surface area (TPSA) is 75.9 Å². The molecule has 1 atom stereocenters. The van der Waals surface area contributed by atoms with Crippen LogP contribution in [0.2, 0.25) is 0 Å². The zero-order chi connectivity index (χ0) is 18.7. The van der Waals surface area contributed by atoms with Crippen LogP contribution in [0.15, 0.2) is 52.9 Å². The molecule has 2 N–H and O–H groups in total. The van der Waals surface area contributed by atoms with Crippen LogP contribution in [-0.4, -0.2) is 47.8 Å². The van der Waals surface area contributed by atoms with Gasteiger partial charge >= 0.3 is 5.97 Å². The first-order valence-corrected chi connectivity index (χ1v) is 8.34. The fraction of sp³-hybridized carbons (Fsp3) is 0.333. The summed E-state index contributed by atoms with van der Waals surface area (Å²) in [5.41, 5.74) is 8.36. The molecule has 0 radical (unpaired) electrons. The summed E-state index contributed by atoms with van der Waals surface area (Å²) in [5, 5.41) is 0. The summed E-state index contributed by atoms with van der Waals surface area (Å²) >= 11 is 4.39. The van der Waals surface area contributed by atoms with Crippen molar-refractivity contribution in [3.05, 3.63) is 58.4 Å². The zero-order valence-electron chi connectivity index (χ0n) is 14.8. The zero-order valence-corrected chi connectivity index (χ0v) is 15.7. The minimum atomic E-state index is -0.813. The molecule has 25 heavy (non-hydrogen) atoms. The molecule has 2 rings (SSSR count). The van der Waals surface area contributed by atoms with Crippen molar-refractivity contribution in [3.63, 3.8) is 0 Å². The number of allylic oxidation sites excluding steroid dienone is 2. The molecule has 0 amide bonds. The summed E-state index contributed by atoms with van der Waals surface area (Å²) in [6, 6.07) is 8.89. The standard InChI is InChI=1S/C18H23N3O3S/c1-5-24-18(23)14-15(20(3)4)13(11(2)21(25)17(14)19)16(22)12-9-7-6-8-10-12/h6-10,17,25H,5,19H2,1-4H3. The molecule has 134 valence electrons. The SMILES string of the molecule is CCOC(=O)C1=C(N(C)C)C(C(=O)c2ccccc2)=C(C)N(S)C1N. The second-order valence-electron chi connectivity index (χ2n) is 5.82. The maximum Gasteiger partial charge on any atom is 0.339 e. The highest BCUT2D eigenvalue weighted by molar-refractivity contribution is 7.77. The Morgan fingerprint density at radius 1 is 1.28 bits per heavy atom. The van der Waals surface area contributed by atoms with Gasteiger partial charge in [-0.05, 0) is 13.8 Å². The third-order valence-electron chi connectivity index (χ3n) is 3.96. The summed E-state index contributed by atoms with van der Waals surface area (Å²) in [6.45, 7) is 3.69. The van der Waals surface area contributed by atoms with E-state index in [2.05, 4.69) is 12.8 Å². The number of nitrogens with zero attached hydrogens (tertiary/aromatic N) is 2. The lowest BCUT2D eigenvalue weighted by atomic mass is 9.91. The molecule has 6 nitrogen and oxygen atoms in total. The van der Waals surface area contributed by atoms with E-state index in [0.717, 1.165) is 0 Å². The molecule has 1 aromatic rings. The lowest BCUT2D eigenvalue weighted by molar-refractivity contribution is -0.139. The number of ketones is 1. The normalized spacial score (nSPS) is 17.7. The van der Waals surface area contributed by atoms with Crippen molar-refractivity contribution >= 4 is 24.6 Å². The van der Waals surface area contributed by atoms with Gasteiger partial charge in [-0.2, -0.15) is 0 Å². The van der Waals surface area contributed by atoms with Crippen LogP contribution in [-0.2, 0) is 9.53 Å². The number of hydrogen-bond donors (Lipinski definition) is 2. The largest absolute Gasteiger partial charge is 0.462 e. The number of carbonyl (C=O) groups excluding carboxylic acids is 2. The van der Waals surface area contributed by atoms with E-state index in [0.29, 0.717) is 22.5 Å². The molecule has 1 aliphatic rings. The predicted octanol–water partition coefficient (Wildman–Crippen LogP) is 1.97. The molecule has 0 spiro atoms. The monoisotopic (exact) mass is 361 g/mol. The van der Waals surface area contributed by atoms with E-state index in [1.165, 1.54) is 4.31 Å². The summed E-state index contributed by atoms with van der Waals surface area (Å²) in [5.74, 6) is -0.752. The van der Waals surface area contributed by atoms with Gasteiger partial charge in [-0.3, -0.25) is 4.79 Å². The number of rotatable bonds is 5. The smallest absolute Gasteiger partial charge is 0.339 e. The molecule has 0 saturated heterocycles. The van der Waals surface area contributed by atoms with Crippen molar-refractivity contribution in [1.82, 2.24) is 9.21 Å². The fourth-order valence-corrected chi connectivity index (χ4v) is 3.00. The number of hydrogen-bond acceptors (Lipinski definition) is 7. The average molecular weight is 361 g/mol. The molecular formula is C18H23N3O3S. The Kier molecular flexibility index (Phi) is 5.92. The minimum absolute atomic E-state index is 0.199. The number of esters is 1. The van der Waals surface area contributed by atoms with E-state index >= 15 is 0 Å². The molecule has 0 bridgehead atoms. The Hall–Kier alpha value is -2.25. The quantitative estimate of drug-likeness (QED) is 0.474. The van der Waals surface area contributed by atoms with Gasteiger partial charge in [0.25, 0.3) is 0 Å². The predicted molar refractivity (Wildman–Crippen MR) is 99.6 cm³/mol. The Labute approximate surface area is 153 Å². The van der Waals surface area contributed by atoms with Gasteiger partial charge in [0, 0.05) is 25.4 Å². The number of Topliss-reactive ketones (excluding diaryl/α,β-unsaturated/α-hetero) is 1. The van der Waals surface area contributed by atoms with Crippen LogP contribution in [0.25, 0.3) is 0 Å². The number of carbonyl (C=O) groups is 2. The third kappa shape index (κ3) is 3.57. The first-order valence-electron chi connectivity index (χ1n) is 7.94. The summed E-state index contributed by atoms with van der Waals surface area (Å²) in [4.78, 5) is 27.3. The Morgan fingerprint density at radius 3 is 2.40 bits per heavy atom. The van der Waals surface area contributed by atoms with Crippen LogP contribution in [0, 0.1) is 0 Å². The molecule has 1 unspecified atom stereocenters. The van der Waals surface area contributed by atoms with Gasteiger partial charge in [0.05, 0.1) is 23.5 Å². The van der Waals surface area contributed by atoms with Crippen molar-refractivity contribution in [1.29, 1.82) is 0 Å². The van der Waals surface area contributed by atoms with E-state index in [1.54, 1.807) is 57.1 Å². The van der Waals surface area contributed by atoms with Crippen molar-refractivity contribution in [2.45, 2.75) is 20.0 Å². The van der Waals surface area contributed by atoms with Crippen molar-refractivity contribution in [3.8, 4) is 0 Å². The van der Waals surface area contributed by atoms with E-state index in [1.807, 2.05) is 6.07 Å². The lowest BCUT2D eigenvalue weighted by Crippen LogP contribution is -2.46. The second kappa shape index (κ2) is 7.76. The fourth-order valence-electron chi connectivity index (χ4n) is 2.79. The van der Waals surface area contributed by atoms with Crippen LogP contribution >= 0.6 is 12.8 Å². The molecule has 0 aliphatic carbocycles. The third-order valence-corrected chi connectivity index (χ3v) is 4.51. The van der Waals surface area contributed by atoms with Gasteiger partial charge in [-0.1, -0.05) is 43.1 Å². The first-order chi connectivity index (χ1) is 11.8. The van der Waals surface area contributed by atoms with E-state index in [4.69, 9.17) is 10.5 Å². The van der Waals surface area contributed by atoms with Crippen LogP contribution < -0.4 is 5.73 Å². The molecule has 0 saturated carbocycles. The van der Waals surface area contributed by atoms with Crippen LogP contribution in [0.4, 0.5) is 0 Å². The number of benzene rings is 1. The molecule has 0 fully saturated rings. The molecule has 1 aliphatic heterocycles. The summed E-state index contributed by atoms with van der Waals surface area (Å²) < 4.78 is 6.58.